The number of thiazole rings is 1. The van der Waals surface area contributed by atoms with Crippen LogP contribution in [-0.2, 0) is 27.1 Å². The van der Waals surface area contributed by atoms with Crippen LogP contribution in [0.1, 0.15) is 34.5 Å². The molecule has 1 aliphatic heterocycles. The lowest BCUT2D eigenvalue weighted by Crippen LogP contribution is -2.50. The molecular weight excluding hydrogens is 459 g/mol. The van der Waals surface area contributed by atoms with Gasteiger partial charge in [0.05, 0.1) is 22.5 Å². The van der Waals surface area contributed by atoms with E-state index in [1.54, 1.807) is 5.38 Å². The highest BCUT2D eigenvalue weighted by molar-refractivity contribution is 7.13. The number of nitrogens with one attached hydrogen (secondary N) is 1. The van der Waals surface area contributed by atoms with E-state index in [1.165, 1.54) is 47.7 Å². The fourth-order valence-corrected chi connectivity index (χ4v) is 3.87. The summed E-state index contributed by atoms with van der Waals surface area (Å²) in [6, 6.07) is 10.6. The number of alkyl halides is 3. The summed E-state index contributed by atoms with van der Waals surface area (Å²) in [6.45, 7) is -0.113. The molecule has 1 aromatic heterocycles. The van der Waals surface area contributed by atoms with Gasteiger partial charge in [-0.3, -0.25) is 15.0 Å². The van der Waals surface area contributed by atoms with E-state index < -0.39 is 17.7 Å². The topological polar surface area (TPSA) is 88.6 Å². The normalized spacial score (nSPS) is 14.2. The van der Waals surface area contributed by atoms with Crippen LogP contribution in [0.5, 0.6) is 0 Å². The first kappa shape index (κ1) is 22.5. The van der Waals surface area contributed by atoms with Crippen molar-refractivity contribution < 1.29 is 32.3 Å². The molecular formula is C22H16F3N3O4S. The summed E-state index contributed by atoms with van der Waals surface area (Å²) in [5.41, 5.74) is 3.38. The van der Waals surface area contributed by atoms with E-state index in [0.29, 0.717) is 22.0 Å². The molecule has 1 saturated heterocycles. The summed E-state index contributed by atoms with van der Waals surface area (Å²) in [4.78, 5) is 40.1. The van der Waals surface area contributed by atoms with Gasteiger partial charge < -0.3 is 4.74 Å². The molecule has 11 heteroatoms. The molecule has 1 aliphatic rings. The highest BCUT2D eigenvalue weighted by Crippen LogP contribution is 2.32. The van der Waals surface area contributed by atoms with Crippen LogP contribution in [0.4, 0.5) is 18.9 Å². The van der Waals surface area contributed by atoms with Crippen molar-refractivity contribution in [3.63, 3.8) is 0 Å². The van der Waals surface area contributed by atoms with E-state index in [4.69, 9.17) is 4.74 Å². The third-order valence-electron chi connectivity index (χ3n) is 4.78. The van der Waals surface area contributed by atoms with E-state index in [9.17, 15) is 27.6 Å². The Morgan fingerprint density at radius 1 is 1.06 bits per heavy atom. The zero-order chi connectivity index (χ0) is 23.6. The first-order valence-corrected chi connectivity index (χ1v) is 10.6. The summed E-state index contributed by atoms with van der Waals surface area (Å²) < 4.78 is 43.3. The van der Waals surface area contributed by atoms with E-state index in [0.717, 1.165) is 17.1 Å². The largest absolute Gasteiger partial charge is 0.456 e. The Balaban J connectivity index is 1.36. The van der Waals surface area contributed by atoms with Gasteiger partial charge in [-0.15, -0.1) is 11.3 Å². The van der Waals surface area contributed by atoms with Gasteiger partial charge >= 0.3 is 12.1 Å². The minimum Gasteiger partial charge on any atom is -0.456 e. The van der Waals surface area contributed by atoms with Crippen LogP contribution in [0.2, 0.25) is 0 Å². The Hall–Kier alpha value is -3.73. The summed E-state index contributed by atoms with van der Waals surface area (Å²) in [6.07, 6.45) is -4.16. The number of carbonyl (C=O) groups is 3. The number of aromatic nitrogens is 1. The number of amides is 2. The molecule has 4 rings (SSSR count). The van der Waals surface area contributed by atoms with Gasteiger partial charge in [-0.1, -0.05) is 12.1 Å². The molecule has 7 nitrogen and oxygen atoms in total. The number of anilines is 1. The number of hydrogen-bond donors (Lipinski definition) is 1. The third kappa shape index (κ3) is 5.20. The average Bonchev–Trinajstić information content (AvgIpc) is 3.28. The smallest absolute Gasteiger partial charge is 0.416 e. The number of benzene rings is 2. The summed E-state index contributed by atoms with van der Waals surface area (Å²) in [7, 11) is 0. The number of ether oxygens (including phenoxy) is 1. The quantitative estimate of drug-likeness (QED) is 0.555. The molecule has 0 unspecified atom stereocenters. The maximum absolute atomic E-state index is 12.7. The lowest BCUT2D eigenvalue weighted by Gasteiger charge is -2.27. The second kappa shape index (κ2) is 9.02. The molecule has 2 heterocycles. The van der Waals surface area contributed by atoms with Gasteiger partial charge in [0.1, 0.15) is 11.6 Å². The van der Waals surface area contributed by atoms with Crippen molar-refractivity contribution >= 4 is 34.8 Å². The van der Waals surface area contributed by atoms with E-state index >= 15 is 0 Å². The van der Waals surface area contributed by atoms with Gasteiger partial charge in [0, 0.05) is 23.8 Å². The maximum atomic E-state index is 12.7. The predicted molar refractivity (Wildman–Crippen MR) is 113 cm³/mol. The van der Waals surface area contributed by atoms with Gasteiger partial charge in [0.15, 0.2) is 0 Å². The number of esters is 1. The number of rotatable bonds is 5. The lowest BCUT2D eigenvalue weighted by atomic mass is 10.1. The van der Waals surface area contributed by atoms with Crippen molar-refractivity contribution in [2.45, 2.75) is 25.6 Å². The molecule has 0 bridgehead atoms. The number of halogens is 3. The molecule has 1 N–H and O–H groups in total. The highest BCUT2D eigenvalue weighted by Gasteiger charge is 2.30. The van der Waals surface area contributed by atoms with E-state index in [1.807, 2.05) is 0 Å². The fourth-order valence-electron chi connectivity index (χ4n) is 3.06. The Labute approximate surface area is 189 Å². The fraction of sp³-hybridized carbons (Fsp3) is 0.182. The Morgan fingerprint density at radius 3 is 2.42 bits per heavy atom. The van der Waals surface area contributed by atoms with Crippen LogP contribution >= 0.6 is 11.3 Å². The molecule has 1 fully saturated rings. The summed E-state index contributed by atoms with van der Waals surface area (Å²) in [5.74, 6) is -1.13. The van der Waals surface area contributed by atoms with E-state index in [2.05, 4.69) is 10.4 Å². The molecule has 2 aromatic carbocycles. The molecule has 33 heavy (non-hydrogen) atoms. The summed E-state index contributed by atoms with van der Waals surface area (Å²) in [5, 5.41) is 3.31. The SMILES string of the molecule is O=C1CCC(=O)N(c2ccc(C(=O)OCc3csc(-c4ccc(C(F)(F)F)cc4)n3)cc2)N1. The number of hydrogen-bond acceptors (Lipinski definition) is 6. The Kier molecular flexibility index (Phi) is 6.14. The maximum Gasteiger partial charge on any atom is 0.416 e. The molecule has 2 amide bonds. The Bertz CT molecular complexity index is 1190. The molecule has 0 spiro atoms. The molecule has 0 atom stereocenters. The number of nitrogens with zero attached hydrogens (tertiary/aromatic N) is 2. The molecule has 0 radical (unpaired) electrons. The van der Waals surface area contributed by atoms with Crippen molar-refractivity contribution in [2.24, 2.45) is 0 Å². The molecule has 0 saturated carbocycles. The predicted octanol–water partition coefficient (Wildman–Crippen LogP) is 4.34. The minimum absolute atomic E-state index is 0.109. The zero-order valence-electron chi connectivity index (χ0n) is 16.9. The monoisotopic (exact) mass is 475 g/mol. The molecule has 3 aromatic rings. The van der Waals surface area contributed by atoms with Crippen molar-refractivity contribution in [1.29, 1.82) is 0 Å². The van der Waals surface area contributed by atoms with Gasteiger partial charge in [0.25, 0.3) is 0 Å². The summed E-state index contributed by atoms with van der Waals surface area (Å²) >= 11 is 1.23. The first-order valence-electron chi connectivity index (χ1n) is 9.72. The van der Waals surface area contributed by atoms with Gasteiger partial charge in [-0.05, 0) is 36.4 Å². The molecule has 0 aliphatic carbocycles. The van der Waals surface area contributed by atoms with Crippen LogP contribution in [0.15, 0.2) is 53.9 Å². The van der Waals surface area contributed by atoms with Crippen LogP contribution in [0.3, 0.4) is 0 Å². The van der Waals surface area contributed by atoms with Crippen LogP contribution < -0.4 is 10.4 Å². The van der Waals surface area contributed by atoms with Crippen LogP contribution in [-0.4, -0.2) is 22.8 Å². The van der Waals surface area contributed by atoms with Gasteiger partial charge in [0.2, 0.25) is 11.8 Å². The Morgan fingerprint density at radius 2 is 1.76 bits per heavy atom. The number of hydrazine groups is 1. The van der Waals surface area contributed by atoms with Crippen molar-refractivity contribution in [3.8, 4) is 10.6 Å². The second-order valence-corrected chi connectivity index (χ2v) is 7.96. The highest BCUT2D eigenvalue weighted by atomic mass is 32.1. The average molecular weight is 475 g/mol. The number of carbonyl (C=O) groups excluding carboxylic acids is 3. The first-order chi connectivity index (χ1) is 15.7. The van der Waals surface area contributed by atoms with Crippen molar-refractivity contribution in [1.82, 2.24) is 10.4 Å². The standard InChI is InChI=1S/C22H16F3N3O4S/c23-22(24,25)15-5-1-13(2-6-15)20-26-16(12-33-20)11-32-21(31)14-3-7-17(8-4-14)28-19(30)10-9-18(29)27-28/h1-8,12H,9-11H2,(H,27,29). The van der Waals surface area contributed by atoms with Crippen molar-refractivity contribution in [3.05, 3.63) is 70.7 Å². The second-order valence-electron chi connectivity index (χ2n) is 7.11. The van der Waals surface area contributed by atoms with Crippen molar-refractivity contribution in [2.75, 3.05) is 5.01 Å². The zero-order valence-corrected chi connectivity index (χ0v) is 17.7. The molecule has 170 valence electrons. The van der Waals surface area contributed by atoms with Gasteiger partial charge in [-0.25, -0.2) is 14.8 Å². The van der Waals surface area contributed by atoms with Crippen LogP contribution in [0.25, 0.3) is 10.6 Å². The lowest BCUT2D eigenvalue weighted by molar-refractivity contribution is -0.137. The minimum atomic E-state index is -4.41. The van der Waals surface area contributed by atoms with Gasteiger partial charge in [-0.2, -0.15) is 13.2 Å². The third-order valence-corrected chi connectivity index (χ3v) is 5.72. The van der Waals surface area contributed by atoms with E-state index in [-0.39, 0.29) is 36.8 Å². The van der Waals surface area contributed by atoms with Crippen LogP contribution in [0, 0.1) is 0 Å².